The van der Waals surface area contributed by atoms with Crippen LogP contribution < -0.4 is 11.1 Å². The first-order chi connectivity index (χ1) is 12.9. The number of hydrogen-bond donors (Lipinski definition) is 2. The summed E-state index contributed by atoms with van der Waals surface area (Å²) in [5.74, 6) is -0.744. The minimum absolute atomic E-state index is 0.100. The van der Waals surface area contributed by atoms with Gasteiger partial charge < -0.3 is 11.1 Å². The molecule has 0 aliphatic carbocycles. The largest absolute Gasteiger partial charge is 0.352 e. The van der Waals surface area contributed by atoms with Gasteiger partial charge in [0.15, 0.2) is 15.6 Å². The molecule has 0 fully saturated rings. The summed E-state index contributed by atoms with van der Waals surface area (Å²) in [6.07, 6.45) is 0. The number of ketones is 1. The topological polar surface area (TPSA) is 155 Å². The van der Waals surface area contributed by atoms with Crippen molar-refractivity contribution in [2.45, 2.75) is 16.2 Å². The number of primary amides is 1. The van der Waals surface area contributed by atoms with Crippen LogP contribution in [0.1, 0.15) is 10.4 Å². The number of benzene rings is 2. The molecule has 0 saturated carbocycles. The fourth-order valence-corrected chi connectivity index (χ4v) is 4.42. The normalized spacial score (nSPS) is 13.0. The number of sulfone groups is 1. The Hall–Kier alpha value is -3.36. The number of Topliss-reactive ketones (excluding diaryl/α,β-unsaturated/α-hetero) is 1. The second kappa shape index (κ2) is 8.84. The Morgan fingerprint density at radius 1 is 1.07 bits per heavy atom. The summed E-state index contributed by atoms with van der Waals surface area (Å²) in [6.45, 7) is -0.464. The van der Waals surface area contributed by atoms with Gasteiger partial charge in [-0.2, -0.15) is 0 Å². The molecule has 0 saturated heterocycles. The molecule has 2 aromatic carbocycles. The van der Waals surface area contributed by atoms with Gasteiger partial charge in [-0.15, -0.1) is 0 Å². The molecule has 140 valence electrons. The van der Waals surface area contributed by atoms with Crippen molar-refractivity contribution >= 4 is 21.7 Å². The van der Waals surface area contributed by atoms with Crippen LogP contribution in [0.2, 0.25) is 0 Å². The number of carbonyl (C=O) groups excluding carboxylic acids is 2. The zero-order chi connectivity index (χ0) is 19.9. The second-order valence-electron chi connectivity index (χ2n) is 5.54. The minimum atomic E-state index is -4.23. The van der Waals surface area contributed by atoms with Crippen LogP contribution >= 0.6 is 0 Å². The average Bonchev–Trinajstić information content (AvgIpc) is 2.67. The van der Waals surface area contributed by atoms with Crippen LogP contribution in [0.15, 0.2) is 70.7 Å². The van der Waals surface area contributed by atoms with Crippen molar-refractivity contribution in [3.8, 4) is 0 Å². The van der Waals surface area contributed by atoms with Crippen molar-refractivity contribution in [3.63, 3.8) is 0 Å². The third-order valence-corrected chi connectivity index (χ3v) is 5.90. The molecule has 0 aromatic heterocycles. The summed E-state index contributed by atoms with van der Waals surface area (Å²) in [5, 5.41) is 3.82. The summed E-state index contributed by atoms with van der Waals surface area (Å²) in [4.78, 5) is 26.9. The molecule has 0 radical (unpaired) electrons. The molecule has 27 heavy (non-hydrogen) atoms. The summed E-state index contributed by atoms with van der Waals surface area (Å²) < 4.78 is 26.4. The van der Waals surface area contributed by atoms with Gasteiger partial charge in [-0.3, -0.25) is 4.79 Å². The molecule has 0 aliphatic heterocycles. The Morgan fingerprint density at radius 3 is 2.15 bits per heavy atom. The number of hydrogen-bond acceptors (Lipinski definition) is 5. The van der Waals surface area contributed by atoms with Gasteiger partial charge in [0.25, 0.3) is 0 Å². The molecular formula is C17H17N5O4S. The van der Waals surface area contributed by atoms with E-state index in [2.05, 4.69) is 15.3 Å². The zero-order valence-corrected chi connectivity index (χ0v) is 14.9. The predicted molar refractivity (Wildman–Crippen MR) is 98.7 cm³/mol. The van der Waals surface area contributed by atoms with Crippen LogP contribution in [-0.2, 0) is 9.84 Å². The fourth-order valence-electron chi connectivity index (χ4n) is 2.59. The van der Waals surface area contributed by atoms with E-state index in [0.29, 0.717) is 0 Å². The Morgan fingerprint density at radius 2 is 1.63 bits per heavy atom. The maximum Gasteiger partial charge on any atom is 0.312 e. The lowest BCUT2D eigenvalue weighted by Gasteiger charge is -2.25. The van der Waals surface area contributed by atoms with E-state index in [-0.39, 0.29) is 10.5 Å². The van der Waals surface area contributed by atoms with E-state index >= 15 is 0 Å². The number of rotatable bonds is 8. The summed E-state index contributed by atoms with van der Waals surface area (Å²) in [7, 11) is -4.23. The number of urea groups is 1. The zero-order valence-electron chi connectivity index (χ0n) is 14.1. The number of amides is 2. The lowest BCUT2D eigenvalue weighted by atomic mass is 10.0. The first-order valence-corrected chi connectivity index (χ1v) is 9.37. The Bertz CT molecular complexity index is 953. The second-order valence-corrected chi connectivity index (χ2v) is 7.61. The number of nitrogens with one attached hydrogen (secondary N) is 1. The van der Waals surface area contributed by atoms with Gasteiger partial charge >= 0.3 is 6.03 Å². The van der Waals surface area contributed by atoms with E-state index in [1.165, 1.54) is 36.4 Å². The van der Waals surface area contributed by atoms with E-state index in [9.17, 15) is 18.0 Å². The van der Waals surface area contributed by atoms with Gasteiger partial charge in [0.05, 0.1) is 10.9 Å². The maximum atomic E-state index is 13.2. The van der Waals surface area contributed by atoms with Gasteiger partial charge in [-0.05, 0) is 17.7 Å². The van der Waals surface area contributed by atoms with Crippen molar-refractivity contribution in [1.29, 1.82) is 0 Å². The Labute approximate surface area is 155 Å². The molecule has 2 rings (SSSR count). The van der Waals surface area contributed by atoms with Crippen LogP contribution in [-0.4, -0.2) is 38.1 Å². The van der Waals surface area contributed by atoms with Crippen molar-refractivity contribution < 1.29 is 18.0 Å². The fraction of sp³-hybridized carbons (Fsp3) is 0.176. The monoisotopic (exact) mass is 387 g/mol. The average molecular weight is 387 g/mol. The molecule has 2 unspecified atom stereocenters. The molecule has 10 heteroatoms. The Kier molecular flexibility index (Phi) is 6.53. The van der Waals surface area contributed by atoms with E-state index in [0.717, 1.165) is 0 Å². The van der Waals surface area contributed by atoms with E-state index < -0.39 is 39.5 Å². The van der Waals surface area contributed by atoms with Crippen molar-refractivity contribution in [1.82, 2.24) is 5.32 Å². The molecule has 0 spiro atoms. The van der Waals surface area contributed by atoms with Gasteiger partial charge in [0.2, 0.25) is 0 Å². The first-order valence-electron chi connectivity index (χ1n) is 7.83. The van der Waals surface area contributed by atoms with Crippen molar-refractivity contribution in [3.05, 3.63) is 76.7 Å². The van der Waals surface area contributed by atoms with Gasteiger partial charge in [0.1, 0.15) is 5.25 Å². The standard InChI is InChI=1S/C17H17N5O4S/c18-17(24)21-14(11-20-22-19)16(15(23)12-7-3-1-4-8-12)27(25,26)13-9-5-2-6-10-13/h1-10,14,16H,11H2,(H3,18,21,24). The van der Waals surface area contributed by atoms with Gasteiger partial charge in [0, 0.05) is 17.0 Å². The highest BCUT2D eigenvalue weighted by molar-refractivity contribution is 7.93. The molecule has 9 nitrogen and oxygen atoms in total. The molecule has 0 aliphatic rings. The number of carbonyl (C=O) groups is 2. The third kappa shape index (κ3) is 4.84. The van der Waals surface area contributed by atoms with Crippen molar-refractivity contribution in [2.24, 2.45) is 10.8 Å². The molecule has 2 amide bonds. The summed E-state index contributed by atoms with van der Waals surface area (Å²) in [6, 6.07) is 12.7. The summed E-state index contributed by atoms with van der Waals surface area (Å²) >= 11 is 0. The van der Waals surface area contributed by atoms with E-state index in [1.807, 2.05) is 0 Å². The Balaban J connectivity index is 2.61. The maximum absolute atomic E-state index is 13.2. The molecular weight excluding hydrogens is 370 g/mol. The van der Waals surface area contributed by atoms with Gasteiger partial charge in [-0.25, -0.2) is 13.2 Å². The lowest BCUT2D eigenvalue weighted by molar-refractivity contribution is 0.0976. The molecule has 0 bridgehead atoms. The van der Waals surface area contributed by atoms with Crippen LogP contribution in [0.5, 0.6) is 0 Å². The van der Waals surface area contributed by atoms with E-state index in [4.69, 9.17) is 11.3 Å². The molecule has 0 heterocycles. The van der Waals surface area contributed by atoms with Gasteiger partial charge in [-0.1, -0.05) is 53.6 Å². The third-order valence-electron chi connectivity index (χ3n) is 3.76. The number of nitrogens with two attached hydrogens (primary N) is 1. The molecule has 2 atom stereocenters. The number of nitrogens with zero attached hydrogens (tertiary/aromatic N) is 3. The van der Waals surface area contributed by atoms with Crippen molar-refractivity contribution in [2.75, 3.05) is 6.54 Å². The van der Waals surface area contributed by atoms with E-state index in [1.54, 1.807) is 24.3 Å². The van der Waals surface area contributed by atoms with Crippen LogP contribution in [0, 0.1) is 0 Å². The first kappa shape index (κ1) is 20.0. The summed E-state index contributed by atoms with van der Waals surface area (Å²) in [5.41, 5.74) is 13.9. The quantitative estimate of drug-likeness (QED) is 0.308. The highest BCUT2D eigenvalue weighted by Crippen LogP contribution is 2.22. The van der Waals surface area contributed by atoms with Crippen LogP contribution in [0.3, 0.4) is 0 Å². The molecule has 2 aromatic rings. The predicted octanol–water partition coefficient (Wildman–Crippen LogP) is 2.06. The smallest absolute Gasteiger partial charge is 0.312 e. The number of azide groups is 1. The SMILES string of the molecule is [N-]=[N+]=NCC(NC(N)=O)C(C(=O)c1ccccc1)S(=O)(=O)c1ccccc1. The molecule has 3 N–H and O–H groups in total. The highest BCUT2D eigenvalue weighted by atomic mass is 32.2. The van der Waals surface area contributed by atoms with Crippen LogP contribution in [0.25, 0.3) is 10.4 Å². The van der Waals surface area contributed by atoms with Crippen LogP contribution in [0.4, 0.5) is 4.79 Å². The highest BCUT2D eigenvalue weighted by Gasteiger charge is 2.41. The lowest BCUT2D eigenvalue weighted by Crippen LogP contribution is -2.53. The minimum Gasteiger partial charge on any atom is -0.352 e.